The Labute approximate surface area is 84.4 Å². The summed E-state index contributed by atoms with van der Waals surface area (Å²) in [6.07, 6.45) is 7.40. The molecule has 0 saturated heterocycles. The van der Waals surface area contributed by atoms with Crippen LogP contribution >= 0.6 is 31.9 Å². The van der Waals surface area contributed by atoms with Crippen LogP contribution in [0.2, 0.25) is 0 Å². The molecule has 2 heteroatoms. The van der Waals surface area contributed by atoms with Crippen molar-refractivity contribution in [2.75, 3.05) is 0 Å². The SMILES string of the molecule is BrC1(Br)CC12C1CCC2CC1. The molecule has 0 aromatic carbocycles. The van der Waals surface area contributed by atoms with Crippen molar-refractivity contribution in [2.24, 2.45) is 17.3 Å². The van der Waals surface area contributed by atoms with Gasteiger partial charge in [0.25, 0.3) is 0 Å². The summed E-state index contributed by atoms with van der Waals surface area (Å²) < 4.78 is 0.356. The maximum atomic E-state index is 3.81. The van der Waals surface area contributed by atoms with Crippen molar-refractivity contribution in [3.63, 3.8) is 0 Å². The lowest BCUT2D eigenvalue weighted by molar-refractivity contribution is 0.379. The van der Waals surface area contributed by atoms with Gasteiger partial charge >= 0.3 is 0 Å². The lowest BCUT2D eigenvalue weighted by atomic mass is 9.94. The molecule has 0 atom stereocenters. The molecule has 0 N–H and O–H groups in total. The Morgan fingerprint density at radius 2 is 1.27 bits per heavy atom. The highest BCUT2D eigenvalue weighted by atomic mass is 79.9. The number of hydrogen-bond acceptors (Lipinski definition) is 0. The van der Waals surface area contributed by atoms with E-state index in [0.29, 0.717) is 8.65 Å². The van der Waals surface area contributed by atoms with Crippen LogP contribution in [0.5, 0.6) is 0 Å². The van der Waals surface area contributed by atoms with Crippen LogP contribution in [0.15, 0.2) is 0 Å². The summed E-state index contributed by atoms with van der Waals surface area (Å²) in [4.78, 5) is 0. The molecule has 3 fully saturated rings. The average molecular weight is 280 g/mol. The second-order valence-electron chi connectivity index (χ2n) is 4.47. The molecular weight excluding hydrogens is 268 g/mol. The molecule has 0 aromatic heterocycles. The van der Waals surface area contributed by atoms with Crippen molar-refractivity contribution in [2.45, 2.75) is 35.3 Å². The maximum Gasteiger partial charge on any atom is 0.0873 e. The van der Waals surface area contributed by atoms with Crippen LogP contribution in [0.4, 0.5) is 0 Å². The molecule has 11 heavy (non-hydrogen) atoms. The van der Waals surface area contributed by atoms with E-state index in [0.717, 1.165) is 11.8 Å². The molecule has 3 aliphatic carbocycles. The molecule has 0 radical (unpaired) electrons. The molecule has 3 rings (SSSR count). The summed E-state index contributed by atoms with van der Waals surface area (Å²) in [6.45, 7) is 0. The normalized spacial score (nSPS) is 57.3. The van der Waals surface area contributed by atoms with Crippen molar-refractivity contribution in [3.05, 3.63) is 0 Å². The van der Waals surface area contributed by atoms with Crippen molar-refractivity contribution in [1.82, 2.24) is 0 Å². The standard InChI is InChI=1S/C9H12Br2/c10-9(11)5-8(9)6-1-2-7(8)4-3-6/h6-7H,1-5H2. The Morgan fingerprint density at radius 3 is 1.45 bits per heavy atom. The Kier molecular flexibility index (Phi) is 1.27. The minimum atomic E-state index is 0.356. The van der Waals surface area contributed by atoms with Crippen molar-refractivity contribution in [1.29, 1.82) is 0 Å². The van der Waals surface area contributed by atoms with Crippen LogP contribution in [0, 0.1) is 17.3 Å². The predicted octanol–water partition coefficient (Wildman–Crippen LogP) is 3.68. The fourth-order valence-corrected chi connectivity index (χ4v) is 5.89. The smallest absolute Gasteiger partial charge is 0.0721 e. The third-order valence-electron chi connectivity index (χ3n) is 4.25. The van der Waals surface area contributed by atoms with Gasteiger partial charge in [0.05, 0.1) is 3.23 Å². The summed E-state index contributed by atoms with van der Waals surface area (Å²) >= 11 is 7.62. The van der Waals surface area contributed by atoms with Gasteiger partial charge in [0, 0.05) is 5.41 Å². The molecule has 0 aliphatic heterocycles. The fraction of sp³-hybridized carbons (Fsp3) is 1.00. The summed E-state index contributed by atoms with van der Waals surface area (Å²) in [5.74, 6) is 2.09. The highest BCUT2D eigenvalue weighted by Crippen LogP contribution is 2.81. The zero-order valence-corrected chi connectivity index (χ0v) is 9.62. The Hall–Kier alpha value is 0.960. The monoisotopic (exact) mass is 278 g/mol. The van der Waals surface area contributed by atoms with E-state index in [4.69, 9.17) is 0 Å². The minimum Gasteiger partial charge on any atom is -0.0721 e. The first-order chi connectivity index (χ1) is 5.17. The highest BCUT2D eigenvalue weighted by molar-refractivity contribution is 9.25. The van der Waals surface area contributed by atoms with E-state index in [1.54, 1.807) is 0 Å². The van der Waals surface area contributed by atoms with Gasteiger partial charge in [-0.25, -0.2) is 0 Å². The largest absolute Gasteiger partial charge is 0.0873 e. The van der Waals surface area contributed by atoms with Crippen LogP contribution in [0.25, 0.3) is 0 Å². The summed E-state index contributed by atoms with van der Waals surface area (Å²) in [5.41, 5.74) is 0.701. The topological polar surface area (TPSA) is 0 Å². The van der Waals surface area contributed by atoms with Gasteiger partial charge in [-0.05, 0) is 43.9 Å². The maximum absolute atomic E-state index is 3.81. The van der Waals surface area contributed by atoms with Crippen molar-refractivity contribution in [3.8, 4) is 0 Å². The molecular formula is C9H12Br2. The number of halogens is 2. The Morgan fingerprint density at radius 1 is 0.909 bits per heavy atom. The zero-order valence-electron chi connectivity index (χ0n) is 6.45. The average Bonchev–Trinajstić information content (AvgIpc) is 2.31. The second-order valence-corrected chi connectivity index (χ2v) is 8.24. The van der Waals surface area contributed by atoms with Crippen LogP contribution in [0.3, 0.4) is 0 Å². The summed E-state index contributed by atoms with van der Waals surface area (Å²) in [6, 6.07) is 0. The molecule has 0 amide bonds. The van der Waals surface area contributed by atoms with Gasteiger partial charge in [-0.15, -0.1) is 0 Å². The van der Waals surface area contributed by atoms with E-state index in [2.05, 4.69) is 31.9 Å². The van der Waals surface area contributed by atoms with E-state index >= 15 is 0 Å². The first-order valence-electron chi connectivity index (χ1n) is 4.55. The number of alkyl halides is 2. The third-order valence-corrected chi connectivity index (χ3v) is 6.29. The van der Waals surface area contributed by atoms with Gasteiger partial charge in [-0.1, -0.05) is 31.9 Å². The number of hydrogen-bond donors (Lipinski definition) is 0. The van der Waals surface area contributed by atoms with E-state index in [9.17, 15) is 0 Å². The van der Waals surface area contributed by atoms with Gasteiger partial charge in [-0.3, -0.25) is 0 Å². The fourth-order valence-electron chi connectivity index (χ4n) is 3.67. The van der Waals surface area contributed by atoms with Gasteiger partial charge in [0.1, 0.15) is 0 Å². The molecule has 62 valence electrons. The first-order valence-corrected chi connectivity index (χ1v) is 6.13. The molecule has 3 aliphatic rings. The lowest BCUT2D eigenvalue weighted by Crippen LogP contribution is -2.13. The van der Waals surface area contributed by atoms with Crippen molar-refractivity contribution < 1.29 is 0 Å². The molecule has 3 saturated carbocycles. The Balaban J connectivity index is 2.01. The third kappa shape index (κ3) is 0.680. The number of rotatable bonds is 0. The Bertz CT molecular complexity index is 190. The van der Waals surface area contributed by atoms with E-state index in [1.165, 1.54) is 32.1 Å². The molecule has 0 aromatic rings. The van der Waals surface area contributed by atoms with Crippen LogP contribution in [0.1, 0.15) is 32.1 Å². The van der Waals surface area contributed by atoms with E-state index in [-0.39, 0.29) is 0 Å². The predicted molar refractivity (Wildman–Crippen MR) is 53.1 cm³/mol. The van der Waals surface area contributed by atoms with Crippen molar-refractivity contribution >= 4 is 31.9 Å². The van der Waals surface area contributed by atoms with Crippen LogP contribution in [-0.2, 0) is 0 Å². The van der Waals surface area contributed by atoms with Crippen LogP contribution < -0.4 is 0 Å². The van der Waals surface area contributed by atoms with Gasteiger partial charge in [0.15, 0.2) is 0 Å². The summed E-state index contributed by atoms with van der Waals surface area (Å²) in [7, 11) is 0. The van der Waals surface area contributed by atoms with Gasteiger partial charge in [0.2, 0.25) is 0 Å². The molecule has 0 nitrogen and oxygen atoms in total. The zero-order chi connectivity index (χ0) is 7.69. The van der Waals surface area contributed by atoms with Gasteiger partial charge in [-0.2, -0.15) is 0 Å². The minimum absolute atomic E-state index is 0.356. The van der Waals surface area contributed by atoms with Crippen LogP contribution in [-0.4, -0.2) is 3.23 Å². The molecule has 0 unspecified atom stereocenters. The quantitative estimate of drug-likeness (QED) is 0.594. The highest BCUT2D eigenvalue weighted by Gasteiger charge is 2.75. The molecule has 0 heterocycles. The lowest BCUT2D eigenvalue weighted by Gasteiger charge is -2.16. The second kappa shape index (κ2) is 1.89. The molecule has 1 spiro atoms. The van der Waals surface area contributed by atoms with E-state index < -0.39 is 0 Å². The van der Waals surface area contributed by atoms with E-state index in [1.807, 2.05) is 0 Å². The summed E-state index contributed by atoms with van der Waals surface area (Å²) in [5, 5.41) is 0. The van der Waals surface area contributed by atoms with Gasteiger partial charge < -0.3 is 0 Å². The molecule has 2 bridgehead atoms. The first kappa shape index (κ1) is 7.37.